The standard InChI is InChI=1S/C33H44N6O4/c1-37-29-13-12-27(18-26(29)19-35-37)38-16-14-24(15-17-38)22-39(33(41)25-8-4-2-5-9-25)30-20-34-21-31(36-30)42-23-32(40)43-28-10-6-3-7-11-28/h12-13,18-21,24-25,28H,2-11,14-17,22-23H2,1H3. The smallest absolute Gasteiger partial charge is 0.344 e. The molecular formula is C33H44N6O4. The van der Waals surface area contributed by atoms with Crippen molar-refractivity contribution in [3.63, 3.8) is 0 Å². The Morgan fingerprint density at radius 1 is 0.930 bits per heavy atom. The minimum atomic E-state index is -0.385. The number of fused-ring (bicyclic) bond motifs is 1. The molecule has 3 heterocycles. The number of piperidine rings is 1. The quantitative estimate of drug-likeness (QED) is 0.304. The van der Waals surface area contributed by atoms with Crippen LogP contribution in [0.5, 0.6) is 5.88 Å². The molecule has 230 valence electrons. The predicted octanol–water partition coefficient (Wildman–Crippen LogP) is 5.45. The predicted molar refractivity (Wildman–Crippen MR) is 165 cm³/mol. The fourth-order valence-electron chi connectivity index (χ4n) is 6.92. The first-order valence-corrected chi connectivity index (χ1v) is 16.2. The van der Waals surface area contributed by atoms with E-state index >= 15 is 0 Å². The first-order valence-electron chi connectivity index (χ1n) is 16.2. The largest absolute Gasteiger partial charge is 0.465 e. The lowest BCUT2D eigenvalue weighted by Gasteiger charge is -2.37. The number of ether oxygens (including phenoxy) is 2. The Hall–Kier alpha value is -3.69. The van der Waals surface area contributed by atoms with Crippen LogP contribution in [-0.2, 0) is 21.4 Å². The number of aromatic nitrogens is 4. The summed E-state index contributed by atoms with van der Waals surface area (Å²) in [5.74, 6) is 0.842. The second-order valence-corrected chi connectivity index (χ2v) is 12.5. The topological polar surface area (TPSA) is 103 Å². The van der Waals surface area contributed by atoms with Crippen LogP contribution in [-0.4, -0.2) is 64.0 Å². The van der Waals surface area contributed by atoms with E-state index in [1.54, 1.807) is 6.20 Å². The molecule has 0 radical (unpaired) electrons. The van der Waals surface area contributed by atoms with Crippen LogP contribution in [0.3, 0.4) is 0 Å². The van der Waals surface area contributed by atoms with Gasteiger partial charge in [0, 0.05) is 43.7 Å². The van der Waals surface area contributed by atoms with Gasteiger partial charge in [0.2, 0.25) is 11.8 Å². The maximum Gasteiger partial charge on any atom is 0.344 e. The SMILES string of the molecule is Cn1ncc2cc(N3CCC(CN(C(=O)C4CCCCC4)c4cncc(OCC(=O)OC5CCCCC5)n4)CC3)ccc21. The van der Waals surface area contributed by atoms with Crippen molar-refractivity contribution in [3.8, 4) is 5.88 Å². The van der Waals surface area contributed by atoms with E-state index in [0.717, 1.165) is 88.2 Å². The summed E-state index contributed by atoms with van der Waals surface area (Å²) in [6.45, 7) is 2.25. The summed E-state index contributed by atoms with van der Waals surface area (Å²) in [6, 6.07) is 6.53. The molecule has 2 saturated carbocycles. The maximum absolute atomic E-state index is 13.9. The number of carbonyl (C=O) groups excluding carboxylic acids is 2. The molecule has 1 amide bonds. The highest BCUT2D eigenvalue weighted by Crippen LogP contribution is 2.31. The third-order valence-electron chi connectivity index (χ3n) is 9.44. The van der Waals surface area contributed by atoms with E-state index in [1.807, 2.05) is 22.8 Å². The van der Waals surface area contributed by atoms with E-state index in [9.17, 15) is 9.59 Å². The number of rotatable bonds is 9. The molecule has 3 aliphatic rings. The first-order chi connectivity index (χ1) is 21.0. The molecule has 2 aliphatic carbocycles. The molecule has 0 unspecified atom stereocenters. The lowest BCUT2D eigenvalue weighted by Crippen LogP contribution is -2.44. The Balaban J connectivity index is 1.10. The summed E-state index contributed by atoms with van der Waals surface area (Å²) >= 11 is 0. The minimum Gasteiger partial charge on any atom is -0.465 e. The number of carbonyl (C=O) groups is 2. The Morgan fingerprint density at radius 3 is 2.44 bits per heavy atom. The lowest BCUT2D eigenvalue weighted by molar-refractivity contribution is -0.153. The van der Waals surface area contributed by atoms with Crippen molar-refractivity contribution in [2.75, 3.05) is 36.0 Å². The summed E-state index contributed by atoms with van der Waals surface area (Å²) in [5, 5.41) is 5.53. The van der Waals surface area contributed by atoms with Gasteiger partial charge in [0.05, 0.1) is 24.1 Å². The number of hydrogen-bond donors (Lipinski definition) is 0. The van der Waals surface area contributed by atoms with Gasteiger partial charge in [0.1, 0.15) is 6.10 Å². The summed E-state index contributed by atoms with van der Waals surface area (Å²) in [4.78, 5) is 39.6. The van der Waals surface area contributed by atoms with E-state index in [0.29, 0.717) is 18.3 Å². The van der Waals surface area contributed by atoms with Gasteiger partial charge in [-0.3, -0.25) is 19.4 Å². The van der Waals surface area contributed by atoms with Gasteiger partial charge in [-0.15, -0.1) is 0 Å². The number of benzene rings is 1. The molecule has 0 N–H and O–H groups in total. The lowest BCUT2D eigenvalue weighted by atomic mass is 9.87. The van der Waals surface area contributed by atoms with E-state index in [4.69, 9.17) is 9.47 Å². The molecule has 1 saturated heterocycles. The Kier molecular flexibility index (Phi) is 9.39. The van der Waals surface area contributed by atoms with Gasteiger partial charge < -0.3 is 14.4 Å². The number of aryl methyl sites for hydroxylation is 1. The molecule has 0 bridgehead atoms. The maximum atomic E-state index is 13.9. The molecule has 0 atom stereocenters. The molecule has 1 aromatic carbocycles. The molecule has 2 aromatic heterocycles. The molecule has 1 aliphatic heterocycles. The average molecular weight is 589 g/mol. The van der Waals surface area contributed by atoms with Crippen LogP contribution >= 0.6 is 0 Å². The molecule has 6 rings (SSSR count). The number of nitrogens with zero attached hydrogens (tertiary/aromatic N) is 6. The molecule has 10 nitrogen and oxygen atoms in total. The third kappa shape index (κ3) is 7.28. The Labute approximate surface area is 253 Å². The van der Waals surface area contributed by atoms with E-state index in [1.165, 1.54) is 24.7 Å². The second kappa shape index (κ2) is 13.7. The number of anilines is 2. The van der Waals surface area contributed by atoms with E-state index in [-0.39, 0.29) is 36.4 Å². The van der Waals surface area contributed by atoms with Crippen molar-refractivity contribution >= 4 is 34.3 Å². The van der Waals surface area contributed by atoms with E-state index in [2.05, 4.69) is 38.2 Å². The molecule has 3 aromatic rings. The molecule has 10 heteroatoms. The molecule has 0 spiro atoms. The first kappa shape index (κ1) is 29.4. The van der Waals surface area contributed by atoms with Gasteiger partial charge in [0.25, 0.3) is 0 Å². The molecular weight excluding hydrogens is 544 g/mol. The second-order valence-electron chi connectivity index (χ2n) is 12.5. The summed E-state index contributed by atoms with van der Waals surface area (Å²) in [7, 11) is 1.96. The zero-order valence-corrected chi connectivity index (χ0v) is 25.3. The normalized spacial score (nSPS) is 19.0. The highest BCUT2D eigenvalue weighted by atomic mass is 16.6. The summed E-state index contributed by atoms with van der Waals surface area (Å²) in [6.07, 6.45) is 17.4. The zero-order chi connectivity index (χ0) is 29.6. The van der Waals surface area contributed by atoms with Gasteiger partial charge in [-0.05, 0) is 75.5 Å². The highest BCUT2D eigenvalue weighted by Gasteiger charge is 2.31. The third-order valence-corrected chi connectivity index (χ3v) is 9.44. The van der Waals surface area contributed by atoms with Crippen LogP contribution in [0.15, 0.2) is 36.8 Å². The van der Waals surface area contributed by atoms with Crippen molar-refractivity contribution in [3.05, 3.63) is 36.8 Å². The molecule has 3 fully saturated rings. The van der Waals surface area contributed by atoms with Crippen molar-refractivity contribution in [2.24, 2.45) is 18.9 Å². The monoisotopic (exact) mass is 588 g/mol. The molecule has 43 heavy (non-hydrogen) atoms. The minimum absolute atomic E-state index is 0.0110. The van der Waals surface area contributed by atoms with E-state index < -0.39 is 0 Å². The van der Waals surface area contributed by atoms with Gasteiger partial charge in [0.15, 0.2) is 12.4 Å². The van der Waals surface area contributed by atoms with Crippen LogP contribution in [0.25, 0.3) is 10.9 Å². The summed E-state index contributed by atoms with van der Waals surface area (Å²) < 4.78 is 13.2. The van der Waals surface area contributed by atoms with Crippen LogP contribution < -0.4 is 14.5 Å². The number of hydrogen-bond acceptors (Lipinski definition) is 8. The van der Waals surface area contributed by atoms with Crippen LogP contribution in [0.4, 0.5) is 11.5 Å². The van der Waals surface area contributed by atoms with Crippen molar-refractivity contribution in [2.45, 2.75) is 83.2 Å². The fraction of sp³-hybridized carbons (Fsp3) is 0.606. The van der Waals surface area contributed by atoms with Crippen LogP contribution in [0.2, 0.25) is 0 Å². The van der Waals surface area contributed by atoms with Crippen LogP contribution in [0, 0.1) is 11.8 Å². The highest BCUT2D eigenvalue weighted by molar-refractivity contribution is 5.94. The Bertz CT molecular complexity index is 1390. The number of esters is 1. The van der Waals surface area contributed by atoms with Crippen LogP contribution in [0.1, 0.15) is 77.0 Å². The van der Waals surface area contributed by atoms with Crippen molar-refractivity contribution < 1.29 is 19.1 Å². The Morgan fingerprint density at radius 2 is 1.67 bits per heavy atom. The van der Waals surface area contributed by atoms with Crippen molar-refractivity contribution in [1.29, 1.82) is 0 Å². The van der Waals surface area contributed by atoms with Crippen molar-refractivity contribution in [1.82, 2.24) is 19.7 Å². The van der Waals surface area contributed by atoms with Gasteiger partial charge in [-0.1, -0.05) is 25.7 Å². The summed E-state index contributed by atoms with van der Waals surface area (Å²) in [5.41, 5.74) is 2.34. The van der Waals surface area contributed by atoms with Gasteiger partial charge in [-0.2, -0.15) is 10.1 Å². The zero-order valence-electron chi connectivity index (χ0n) is 25.3. The van der Waals surface area contributed by atoms with Gasteiger partial charge in [-0.25, -0.2) is 4.79 Å². The fourth-order valence-corrected chi connectivity index (χ4v) is 6.92. The average Bonchev–Trinajstić information content (AvgIpc) is 3.43. The van der Waals surface area contributed by atoms with Gasteiger partial charge >= 0.3 is 5.97 Å². The number of amides is 1.